The Balaban J connectivity index is 1.66. The summed E-state index contributed by atoms with van der Waals surface area (Å²) in [4.78, 5) is 11.9. The van der Waals surface area contributed by atoms with Crippen LogP contribution in [0, 0.1) is 39.9 Å². The lowest BCUT2D eigenvalue weighted by Gasteiger charge is -2.60. The molecule has 2 heteroatoms. The number of rotatable bonds is 0. The highest BCUT2D eigenvalue weighted by Gasteiger charge is 2.63. The molecule has 1 N–H and O–H groups in total. The van der Waals surface area contributed by atoms with E-state index in [0.29, 0.717) is 23.0 Å². The Labute approximate surface area is 141 Å². The number of hydrogen-bond donors (Lipinski definition) is 1. The third-order valence-corrected chi connectivity index (χ3v) is 9.03. The Morgan fingerprint density at radius 2 is 1.70 bits per heavy atom. The van der Waals surface area contributed by atoms with Crippen molar-refractivity contribution < 1.29 is 9.90 Å². The van der Waals surface area contributed by atoms with E-state index in [1.807, 2.05) is 0 Å². The van der Waals surface area contributed by atoms with Gasteiger partial charge in [0.05, 0.1) is 6.10 Å². The van der Waals surface area contributed by atoms with Gasteiger partial charge in [-0.15, -0.1) is 0 Å². The van der Waals surface area contributed by atoms with Crippen LogP contribution in [0.25, 0.3) is 0 Å². The van der Waals surface area contributed by atoms with Crippen LogP contribution in [0.2, 0.25) is 0 Å². The van der Waals surface area contributed by atoms with E-state index < -0.39 is 0 Å². The van der Waals surface area contributed by atoms with E-state index in [-0.39, 0.29) is 16.9 Å². The number of ketones is 1. The fraction of sp³-hybridized carbons (Fsp3) is 0.952. The van der Waals surface area contributed by atoms with Gasteiger partial charge in [-0.1, -0.05) is 27.7 Å². The van der Waals surface area contributed by atoms with Crippen molar-refractivity contribution in [2.75, 3.05) is 0 Å². The largest absolute Gasteiger partial charge is 0.392 e. The Kier molecular flexibility index (Phi) is 3.39. The molecule has 0 radical (unpaired) electrons. The van der Waals surface area contributed by atoms with Gasteiger partial charge in [-0.3, -0.25) is 4.79 Å². The van der Waals surface area contributed by atoms with Gasteiger partial charge in [0.2, 0.25) is 0 Å². The van der Waals surface area contributed by atoms with Crippen molar-refractivity contribution >= 4 is 5.78 Å². The fourth-order valence-corrected chi connectivity index (χ4v) is 7.69. The van der Waals surface area contributed by atoms with Gasteiger partial charge in [0.1, 0.15) is 5.78 Å². The molecule has 4 aliphatic rings. The molecule has 0 unspecified atom stereocenters. The van der Waals surface area contributed by atoms with Crippen molar-refractivity contribution in [3.8, 4) is 0 Å². The number of aliphatic hydroxyl groups is 1. The Bertz CT molecular complexity index is 524. The van der Waals surface area contributed by atoms with E-state index in [9.17, 15) is 9.90 Å². The van der Waals surface area contributed by atoms with Crippen molar-refractivity contribution in [1.29, 1.82) is 0 Å². The maximum Gasteiger partial charge on any atom is 0.133 e. The summed E-state index contributed by atoms with van der Waals surface area (Å²) < 4.78 is 0. The second kappa shape index (κ2) is 4.84. The molecule has 0 amide bonds. The van der Waals surface area contributed by atoms with Crippen molar-refractivity contribution in [1.82, 2.24) is 0 Å². The van der Waals surface area contributed by atoms with Crippen molar-refractivity contribution in [2.24, 2.45) is 39.9 Å². The highest BCUT2D eigenvalue weighted by atomic mass is 16.3. The number of aliphatic hydroxyl groups excluding tert-OH is 1. The summed E-state index contributed by atoms with van der Waals surface area (Å²) >= 11 is 0. The number of Topliss-reactive ketones (excluding diaryl/α,β-unsaturated/α-hetero) is 1. The minimum absolute atomic E-state index is 0.0641. The van der Waals surface area contributed by atoms with Crippen LogP contribution in [0.3, 0.4) is 0 Å². The normalized spacial score (nSPS) is 55.0. The Morgan fingerprint density at radius 3 is 2.43 bits per heavy atom. The lowest BCUT2D eigenvalue weighted by molar-refractivity contribution is -0.142. The molecule has 2 nitrogen and oxygen atoms in total. The van der Waals surface area contributed by atoms with Gasteiger partial charge in [-0.05, 0) is 78.4 Å². The third-order valence-electron chi connectivity index (χ3n) is 9.03. The molecule has 0 bridgehead atoms. The van der Waals surface area contributed by atoms with Gasteiger partial charge in [-0.2, -0.15) is 0 Å². The summed E-state index contributed by atoms with van der Waals surface area (Å²) in [5, 5.41) is 11.0. The predicted octanol–water partition coefficient (Wildman–Crippen LogP) is 4.60. The van der Waals surface area contributed by atoms with Crippen LogP contribution in [-0.2, 0) is 4.79 Å². The standard InChI is InChI=1S/C21H34O2/c1-19(2)12-17-15-6-5-13-11-14(22)7-9-20(13,3)16(15)8-10-21(17,4)18(19)23/h13,15-18,23H,5-12H2,1-4H3/t13-,15+,16-,17-,18-,20-,21-/m0/s1. The van der Waals surface area contributed by atoms with Gasteiger partial charge in [0.25, 0.3) is 0 Å². The van der Waals surface area contributed by atoms with E-state index in [2.05, 4.69) is 27.7 Å². The first-order valence-corrected chi connectivity index (χ1v) is 9.88. The van der Waals surface area contributed by atoms with E-state index in [0.717, 1.165) is 31.1 Å². The van der Waals surface area contributed by atoms with Crippen LogP contribution >= 0.6 is 0 Å². The highest BCUT2D eigenvalue weighted by molar-refractivity contribution is 5.79. The molecule has 4 rings (SSSR count). The lowest BCUT2D eigenvalue weighted by Crippen LogP contribution is -2.54. The molecule has 4 aliphatic carbocycles. The average Bonchev–Trinajstić information content (AvgIpc) is 2.68. The van der Waals surface area contributed by atoms with Crippen LogP contribution < -0.4 is 0 Å². The minimum atomic E-state index is -0.153. The molecule has 4 fully saturated rings. The summed E-state index contributed by atoms with van der Waals surface area (Å²) in [6, 6.07) is 0. The zero-order chi connectivity index (χ0) is 16.6. The van der Waals surface area contributed by atoms with Gasteiger partial charge in [0, 0.05) is 12.8 Å². The summed E-state index contributed by atoms with van der Waals surface area (Å²) in [5.41, 5.74) is 0.572. The first kappa shape index (κ1) is 16.1. The molecule has 7 atom stereocenters. The Morgan fingerprint density at radius 1 is 0.957 bits per heavy atom. The second-order valence-corrected chi connectivity index (χ2v) is 10.5. The number of carbonyl (C=O) groups is 1. The van der Waals surface area contributed by atoms with Gasteiger partial charge in [-0.25, -0.2) is 0 Å². The highest BCUT2D eigenvalue weighted by Crippen LogP contribution is 2.68. The minimum Gasteiger partial charge on any atom is -0.392 e. The number of hydrogen-bond acceptors (Lipinski definition) is 2. The van der Waals surface area contributed by atoms with Crippen molar-refractivity contribution in [3.63, 3.8) is 0 Å². The predicted molar refractivity (Wildman–Crippen MR) is 91.9 cm³/mol. The summed E-state index contributed by atoms with van der Waals surface area (Å²) in [5.74, 6) is 3.38. The first-order valence-electron chi connectivity index (χ1n) is 9.88. The molecule has 130 valence electrons. The van der Waals surface area contributed by atoms with Gasteiger partial charge < -0.3 is 5.11 Å². The molecule has 0 aromatic carbocycles. The summed E-state index contributed by atoms with van der Waals surface area (Å²) in [6.45, 7) is 9.40. The van der Waals surface area contributed by atoms with Crippen LogP contribution in [0.4, 0.5) is 0 Å². The zero-order valence-corrected chi connectivity index (χ0v) is 15.4. The molecule has 0 saturated heterocycles. The van der Waals surface area contributed by atoms with Gasteiger partial charge in [0.15, 0.2) is 0 Å². The third kappa shape index (κ3) is 2.06. The van der Waals surface area contributed by atoms with Crippen LogP contribution in [0.1, 0.15) is 79.1 Å². The molecule has 0 heterocycles. The lowest BCUT2D eigenvalue weighted by atomic mass is 9.45. The maximum absolute atomic E-state index is 11.9. The monoisotopic (exact) mass is 318 g/mol. The zero-order valence-electron chi connectivity index (χ0n) is 15.4. The summed E-state index contributed by atoms with van der Waals surface area (Å²) in [6.07, 6.45) is 8.79. The molecule has 0 aliphatic heterocycles. The van der Waals surface area contributed by atoms with Crippen molar-refractivity contribution in [3.05, 3.63) is 0 Å². The van der Waals surface area contributed by atoms with Gasteiger partial charge >= 0.3 is 0 Å². The van der Waals surface area contributed by atoms with Crippen molar-refractivity contribution in [2.45, 2.75) is 85.2 Å². The smallest absolute Gasteiger partial charge is 0.133 e. The molecule has 0 aromatic heterocycles. The molecule has 23 heavy (non-hydrogen) atoms. The second-order valence-electron chi connectivity index (χ2n) is 10.5. The number of fused-ring (bicyclic) bond motifs is 5. The van der Waals surface area contributed by atoms with E-state index in [1.54, 1.807) is 0 Å². The van der Waals surface area contributed by atoms with Crippen LogP contribution in [0.5, 0.6) is 0 Å². The molecular formula is C21H34O2. The molecule has 4 saturated carbocycles. The molecule has 0 spiro atoms. The number of carbonyl (C=O) groups excluding carboxylic acids is 1. The van der Waals surface area contributed by atoms with E-state index in [4.69, 9.17) is 0 Å². The Hall–Kier alpha value is -0.370. The van der Waals surface area contributed by atoms with E-state index in [1.165, 1.54) is 32.1 Å². The average molecular weight is 319 g/mol. The molecular weight excluding hydrogens is 284 g/mol. The van der Waals surface area contributed by atoms with E-state index >= 15 is 0 Å². The quantitative estimate of drug-likeness (QED) is 0.709. The summed E-state index contributed by atoms with van der Waals surface area (Å²) in [7, 11) is 0. The SMILES string of the molecule is CC1(C)C[C@H]2[C@@H]3CC[C@H]4CC(=O)CC[C@]4(C)[C@H]3CC[C@]2(C)[C@H]1O. The topological polar surface area (TPSA) is 37.3 Å². The maximum atomic E-state index is 11.9. The fourth-order valence-electron chi connectivity index (χ4n) is 7.69. The first-order chi connectivity index (χ1) is 10.7. The van der Waals surface area contributed by atoms with Crippen LogP contribution in [0.15, 0.2) is 0 Å². The molecule has 0 aromatic rings. The van der Waals surface area contributed by atoms with Crippen LogP contribution in [-0.4, -0.2) is 17.0 Å².